The van der Waals surface area contributed by atoms with Crippen molar-refractivity contribution in [3.8, 4) is 0 Å². The van der Waals surface area contributed by atoms with Gasteiger partial charge in [-0.25, -0.2) is 0 Å². The predicted molar refractivity (Wildman–Crippen MR) is 34.5 cm³/mol. The summed E-state index contributed by atoms with van der Waals surface area (Å²) >= 11 is 0. The first kappa shape index (κ1) is 23.3. The van der Waals surface area contributed by atoms with Gasteiger partial charge >= 0.3 is 17.4 Å². The van der Waals surface area contributed by atoms with E-state index >= 15 is 0 Å². The van der Waals surface area contributed by atoms with Gasteiger partial charge in [-0.1, -0.05) is 20.8 Å². The fourth-order valence-corrected chi connectivity index (χ4v) is 0. The molecule has 0 aromatic rings. The third-order valence-electron chi connectivity index (χ3n) is 0.224. The summed E-state index contributed by atoms with van der Waals surface area (Å²) in [5, 5.41) is 7.88. The normalized spacial score (nSPS) is 4.50. The van der Waals surface area contributed by atoms with Gasteiger partial charge in [0.25, 0.3) is 0 Å². The van der Waals surface area contributed by atoms with Crippen molar-refractivity contribution in [1.29, 1.82) is 0 Å². The molecule has 0 saturated heterocycles. The Morgan fingerprint density at radius 1 is 1.25 bits per heavy atom. The van der Waals surface area contributed by atoms with Crippen LogP contribution in [-0.4, -0.2) is 29.1 Å². The van der Waals surface area contributed by atoms with Crippen molar-refractivity contribution in [2.45, 2.75) is 27.2 Å². The second kappa shape index (κ2) is 46.2. The minimum absolute atomic E-state index is 0. The van der Waals surface area contributed by atoms with E-state index in [-0.39, 0.29) is 29.8 Å². The van der Waals surface area contributed by atoms with Gasteiger partial charge < -0.3 is 17.5 Å². The molecule has 0 aromatic carbocycles. The van der Waals surface area contributed by atoms with Crippen LogP contribution in [0.5, 0.6) is 0 Å². The summed E-state index contributed by atoms with van der Waals surface area (Å²) in [6, 6.07) is 0. The smallest absolute Gasteiger partial charge is 1.00 e. The molecule has 8 heavy (non-hydrogen) atoms. The van der Waals surface area contributed by atoms with Crippen molar-refractivity contribution >= 4 is 17.4 Å². The van der Waals surface area contributed by atoms with E-state index in [4.69, 9.17) is 5.11 Å². The Balaban J connectivity index is -0.0000000183. The summed E-state index contributed by atoms with van der Waals surface area (Å²) < 4.78 is 0. The van der Waals surface area contributed by atoms with E-state index in [1.807, 2.05) is 20.8 Å². The molecule has 0 bridgehead atoms. The molecule has 0 aliphatic carbocycles. The second-order valence-electron chi connectivity index (χ2n) is 0.724. The second-order valence-corrected chi connectivity index (χ2v) is 0.724. The molecule has 0 aliphatic rings. The monoisotopic (exact) mass is 152 g/mol. The molecule has 0 atom stereocenters. The molecule has 0 saturated carbocycles. The van der Waals surface area contributed by atoms with Crippen molar-refractivity contribution in [2.75, 3.05) is 6.61 Å². The Kier molecular flexibility index (Phi) is 134. The maximum Gasteiger partial charge on any atom is 3.00 e. The molecule has 48 valence electrons. The Morgan fingerprint density at radius 2 is 1.38 bits per heavy atom. The zero-order valence-corrected chi connectivity index (χ0v) is 7.73. The van der Waals surface area contributed by atoms with Gasteiger partial charge in [0, 0.05) is 6.61 Å². The van der Waals surface area contributed by atoms with Gasteiger partial charge in [0.15, 0.2) is 0 Å². The van der Waals surface area contributed by atoms with Gasteiger partial charge in [0.2, 0.25) is 0 Å². The molecular formula is C5H14AlClO+2. The van der Waals surface area contributed by atoms with E-state index in [9.17, 15) is 0 Å². The maximum absolute atomic E-state index is 7.88. The fourth-order valence-electron chi connectivity index (χ4n) is 0. The number of hydrogen-bond donors (Lipinski definition) is 1. The fraction of sp³-hybridized carbons (Fsp3) is 1.00. The summed E-state index contributed by atoms with van der Waals surface area (Å²) in [5.41, 5.74) is 0. The molecule has 0 spiro atoms. The largest absolute Gasteiger partial charge is 3.00 e. The summed E-state index contributed by atoms with van der Waals surface area (Å²) in [5.74, 6) is 0. The van der Waals surface area contributed by atoms with Crippen LogP contribution in [-0.2, 0) is 0 Å². The minimum atomic E-state index is 0. The Labute approximate surface area is 69.0 Å². The van der Waals surface area contributed by atoms with E-state index < -0.39 is 0 Å². The predicted octanol–water partition coefficient (Wildman–Crippen LogP) is -1.96. The molecule has 1 N–H and O–H groups in total. The zero-order chi connectivity index (χ0) is 5.41. The average molecular weight is 153 g/mol. The van der Waals surface area contributed by atoms with Crippen molar-refractivity contribution in [1.82, 2.24) is 0 Å². The first-order valence-corrected chi connectivity index (χ1v) is 2.52. The summed E-state index contributed by atoms with van der Waals surface area (Å²) in [7, 11) is 0. The van der Waals surface area contributed by atoms with Gasteiger partial charge in [-0.15, -0.1) is 0 Å². The van der Waals surface area contributed by atoms with Crippen molar-refractivity contribution in [3.63, 3.8) is 0 Å². The standard InChI is InChI=1S/C3H8O.C2H6.Al.ClH/c1-2-3-4;1-2;;/h4H,2-3H2,1H3;1-2H3;;1H/q;;+3;/p-1. The molecule has 0 amide bonds. The van der Waals surface area contributed by atoms with Crippen molar-refractivity contribution in [3.05, 3.63) is 0 Å². The average Bonchev–Trinajstić information content (AvgIpc) is 1.72. The molecule has 0 heterocycles. The summed E-state index contributed by atoms with van der Waals surface area (Å²) in [4.78, 5) is 0. The third-order valence-corrected chi connectivity index (χ3v) is 0.224. The van der Waals surface area contributed by atoms with Crippen LogP contribution < -0.4 is 12.4 Å². The van der Waals surface area contributed by atoms with Gasteiger partial charge in [-0.05, 0) is 6.42 Å². The molecular weight excluding hydrogens is 138 g/mol. The van der Waals surface area contributed by atoms with Crippen LogP contribution >= 0.6 is 0 Å². The Morgan fingerprint density at radius 3 is 1.38 bits per heavy atom. The van der Waals surface area contributed by atoms with Crippen LogP contribution in [0.3, 0.4) is 0 Å². The van der Waals surface area contributed by atoms with Crippen molar-refractivity contribution in [2.24, 2.45) is 0 Å². The molecule has 0 fully saturated rings. The molecule has 0 aliphatic heterocycles. The van der Waals surface area contributed by atoms with E-state index in [1.165, 1.54) is 0 Å². The van der Waals surface area contributed by atoms with Gasteiger partial charge in [0.05, 0.1) is 0 Å². The van der Waals surface area contributed by atoms with Crippen LogP contribution in [0.1, 0.15) is 27.2 Å². The molecule has 0 radical (unpaired) electrons. The zero-order valence-electron chi connectivity index (χ0n) is 5.82. The summed E-state index contributed by atoms with van der Waals surface area (Å²) in [6.07, 6.45) is 0.875. The van der Waals surface area contributed by atoms with Crippen LogP contribution in [0.2, 0.25) is 0 Å². The van der Waals surface area contributed by atoms with Crippen LogP contribution in [0, 0.1) is 0 Å². The summed E-state index contributed by atoms with van der Waals surface area (Å²) in [6.45, 7) is 6.25. The maximum atomic E-state index is 7.88. The number of hydrogen-bond acceptors (Lipinski definition) is 1. The van der Waals surface area contributed by atoms with Crippen LogP contribution in [0.4, 0.5) is 0 Å². The van der Waals surface area contributed by atoms with Crippen molar-refractivity contribution < 1.29 is 17.5 Å². The topological polar surface area (TPSA) is 20.2 Å². The van der Waals surface area contributed by atoms with Gasteiger partial charge in [-0.2, -0.15) is 0 Å². The van der Waals surface area contributed by atoms with E-state index in [2.05, 4.69) is 0 Å². The first-order chi connectivity index (χ1) is 2.91. The van der Waals surface area contributed by atoms with E-state index in [0.29, 0.717) is 6.61 Å². The minimum Gasteiger partial charge on any atom is -1.00 e. The van der Waals surface area contributed by atoms with Crippen LogP contribution in [0.25, 0.3) is 0 Å². The molecule has 0 unspecified atom stereocenters. The quantitative estimate of drug-likeness (QED) is 0.433. The number of aliphatic hydroxyl groups excluding tert-OH is 1. The number of halogens is 1. The van der Waals surface area contributed by atoms with E-state index in [0.717, 1.165) is 6.42 Å². The number of aliphatic hydroxyl groups is 1. The molecule has 3 heteroatoms. The first-order valence-electron chi connectivity index (χ1n) is 2.52. The molecule has 1 nitrogen and oxygen atoms in total. The Bertz CT molecular complexity index is 14.4. The van der Waals surface area contributed by atoms with E-state index in [1.54, 1.807) is 0 Å². The third kappa shape index (κ3) is 71.4. The SMILES string of the molecule is CC.CCCO.[Al+3].[Cl-]. The van der Waals surface area contributed by atoms with Crippen LogP contribution in [0.15, 0.2) is 0 Å². The molecule has 0 rings (SSSR count). The number of rotatable bonds is 1. The Hall–Kier alpha value is 0.782. The molecule has 0 aromatic heterocycles. The van der Waals surface area contributed by atoms with Gasteiger partial charge in [-0.3, -0.25) is 0 Å². The van der Waals surface area contributed by atoms with Gasteiger partial charge in [0.1, 0.15) is 0 Å².